The monoisotopic (exact) mass is 339 g/mol. The van der Waals surface area contributed by atoms with Gasteiger partial charge in [0.05, 0.1) is 4.92 Å². The minimum absolute atomic E-state index is 0.137. The van der Waals surface area contributed by atoms with E-state index in [1.54, 1.807) is 18.2 Å². The van der Waals surface area contributed by atoms with E-state index < -0.39 is 4.92 Å². The molecule has 0 aliphatic carbocycles. The van der Waals surface area contributed by atoms with E-state index in [0.29, 0.717) is 6.47 Å². The number of rotatable bonds is 3. The lowest BCUT2D eigenvalue weighted by Gasteiger charge is -2.25. The number of likely N-dealkylation sites (N-methyl/N-ethyl adjacent to an activating group) is 1. The minimum Gasteiger partial charge on any atom is -0.462 e. The van der Waals surface area contributed by atoms with Gasteiger partial charge in [-0.3, -0.25) is 14.9 Å². The molecule has 1 aliphatic heterocycles. The van der Waals surface area contributed by atoms with E-state index in [4.69, 9.17) is 0 Å². The lowest BCUT2D eigenvalue weighted by molar-refractivity contribution is -0.384. The lowest BCUT2D eigenvalue weighted by atomic mass is 10.2. The van der Waals surface area contributed by atoms with Crippen LogP contribution in [0.3, 0.4) is 0 Å². The van der Waals surface area contributed by atoms with E-state index in [1.165, 1.54) is 44.9 Å². The van der Waals surface area contributed by atoms with Crippen LogP contribution in [-0.2, 0) is 9.53 Å². The Labute approximate surface area is 144 Å². The highest BCUT2D eigenvalue weighted by Gasteiger charge is 2.07. The molecule has 24 heavy (non-hydrogen) atoms. The van der Waals surface area contributed by atoms with Crippen LogP contribution in [0, 0.1) is 10.1 Å². The molecular weight excluding hydrogens is 310 g/mol. The summed E-state index contributed by atoms with van der Waals surface area (Å²) >= 11 is 0. The predicted molar refractivity (Wildman–Crippen MR) is 95.0 cm³/mol. The topological polar surface area (TPSA) is 84.7 Å². The Bertz CT molecular complexity index is 455. The zero-order valence-corrected chi connectivity index (χ0v) is 15.0. The van der Waals surface area contributed by atoms with Gasteiger partial charge in [-0.25, -0.2) is 0 Å². The molecule has 0 radical (unpaired) electrons. The number of ether oxygens (including phenoxy) is 1. The quantitative estimate of drug-likeness (QED) is 0.517. The summed E-state index contributed by atoms with van der Waals surface area (Å²) in [5.74, 6) is 0. The van der Waals surface area contributed by atoms with Gasteiger partial charge in [0.25, 0.3) is 12.2 Å². The van der Waals surface area contributed by atoms with Crippen molar-refractivity contribution in [1.29, 1.82) is 0 Å². The van der Waals surface area contributed by atoms with Gasteiger partial charge in [0.15, 0.2) is 0 Å². The fourth-order valence-corrected chi connectivity index (χ4v) is 1.72. The first-order chi connectivity index (χ1) is 11.3. The van der Waals surface area contributed by atoms with Crippen molar-refractivity contribution in [3.8, 4) is 0 Å². The Kier molecular flexibility index (Phi) is 11.4. The molecule has 7 nitrogen and oxygen atoms in total. The van der Waals surface area contributed by atoms with Crippen molar-refractivity contribution < 1.29 is 14.5 Å². The van der Waals surface area contributed by atoms with Crippen LogP contribution in [0.4, 0.5) is 5.69 Å². The van der Waals surface area contributed by atoms with Crippen molar-refractivity contribution >= 4 is 12.2 Å². The van der Waals surface area contributed by atoms with Crippen molar-refractivity contribution in [3.63, 3.8) is 0 Å². The Hall–Kier alpha value is -1.99. The van der Waals surface area contributed by atoms with Crippen LogP contribution in [0.15, 0.2) is 30.3 Å². The molecule has 1 aromatic rings. The summed E-state index contributed by atoms with van der Waals surface area (Å²) in [7, 11) is 0. The largest absolute Gasteiger partial charge is 0.462 e. The second-order valence-electron chi connectivity index (χ2n) is 6.10. The Balaban J connectivity index is 0.000000334. The zero-order chi connectivity index (χ0) is 18.4. The molecule has 136 valence electrons. The van der Waals surface area contributed by atoms with E-state index in [2.05, 4.69) is 21.9 Å². The normalized spacial score (nSPS) is 14.3. The van der Waals surface area contributed by atoms with Crippen molar-refractivity contribution in [2.75, 3.05) is 32.7 Å². The third kappa shape index (κ3) is 12.5. The fraction of sp³-hybridized carbons (Fsp3) is 0.588. The van der Waals surface area contributed by atoms with Gasteiger partial charge in [-0.15, -0.1) is 0 Å². The lowest BCUT2D eigenvalue weighted by Crippen LogP contribution is -2.43. The van der Waals surface area contributed by atoms with E-state index in [0.717, 1.165) is 0 Å². The molecule has 1 aromatic carbocycles. The highest BCUT2D eigenvalue weighted by molar-refractivity contribution is 5.37. The molecule has 0 unspecified atom stereocenters. The minimum atomic E-state index is -0.417. The summed E-state index contributed by atoms with van der Waals surface area (Å²) in [4.78, 5) is 21.6. The summed E-state index contributed by atoms with van der Waals surface area (Å²) in [6.07, 6.45) is 0. The van der Waals surface area contributed by atoms with E-state index >= 15 is 0 Å². The SMILES string of the molecule is CC(C)(C)OC=O.CCN1CCNCC1.O=[N+]([O-])c1ccccc1. The molecule has 0 atom stereocenters. The van der Waals surface area contributed by atoms with Crippen LogP contribution in [0.2, 0.25) is 0 Å². The highest BCUT2D eigenvalue weighted by Crippen LogP contribution is 2.06. The molecule has 0 saturated carbocycles. The van der Waals surface area contributed by atoms with Gasteiger partial charge in [0.1, 0.15) is 5.60 Å². The van der Waals surface area contributed by atoms with Crippen LogP contribution in [0.1, 0.15) is 27.7 Å². The number of hydrogen-bond donors (Lipinski definition) is 1. The summed E-state index contributed by atoms with van der Waals surface area (Å²) in [6, 6.07) is 7.93. The molecule has 1 fully saturated rings. The summed E-state index contributed by atoms with van der Waals surface area (Å²) in [5.41, 5.74) is -0.181. The van der Waals surface area contributed by atoms with Crippen LogP contribution < -0.4 is 5.32 Å². The number of nitro groups is 1. The highest BCUT2D eigenvalue weighted by atomic mass is 16.6. The Morgan fingerprint density at radius 1 is 1.25 bits per heavy atom. The smallest absolute Gasteiger partial charge is 0.293 e. The van der Waals surface area contributed by atoms with Gasteiger partial charge in [0.2, 0.25) is 0 Å². The second-order valence-corrected chi connectivity index (χ2v) is 6.10. The van der Waals surface area contributed by atoms with Crippen molar-refractivity contribution in [2.45, 2.75) is 33.3 Å². The maximum absolute atomic E-state index is 10.0. The van der Waals surface area contributed by atoms with Crippen molar-refractivity contribution in [1.82, 2.24) is 10.2 Å². The molecular formula is C17H29N3O4. The van der Waals surface area contributed by atoms with Gasteiger partial charge >= 0.3 is 0 Å². The number of piperazine rings is 1. The maximum Gasteiger partial charge on any atom is 0.293 e. The molecule has 0 amide bonds. The first-order valence-electron chi connectivity index (χ1n) is 8.04. The molecule has 0 aromatic heterocycles. The van der Waals surface area contributed by atoms with Crippen LogP contribution in [-0.4, -0.2) is 54.6 Å². The number of non-ortho nitro benzene ring substituents is 1. The van der Waals surface area contributed by atoms with Gasteiger partial charge in [0, 0.05) is 38.3 Å². The number of benzene rings is 1. The predicted octanol–water partition coefficient (Wildman–Crippen LogP) is 2.46. The number of carbonyl (C=O) groups is 1. The number of hydrogen-bond acceptors (Lipinski definition) is 6. The van der Waals surface area contributed by atoms with Crippen molar-refractivity contribution in [2.24, 2.45) is 0 Å². The van der Waals surface area contributed by atoms with E-state index in [1.807, 2.05) is 20.8 Å². The number of nitrogens with one attached hydrogen (secondary N) is 1. The molecule has 7 heteroatoms. The first-order valence-corrected chi connectivity index (χ1v) is 8.04. The van der Waals surface area contributed by atoms with Gasteiger partial charge in [-0.2, -0.15) is 0 Å². The molecule has 1 saturated heterocycles. The standard InChI is InChI=1S/C6H14N2.C6H5NO2.C5H10O2/c1-2-8-5-3-7-4-6-8;8-7(9)6-4-2-1-3-5-6;1-5(2,3)7-4-6/h7H,2-6H2,1H3;1-5H;4H,1-3H3. The average Bonchev–Trinajstić information content (AvgIpc) is 2.56. The number of carbonyl (C=O) groups excluding carboxylic acids is 1. The molecule has 1 N–H and O–H groups in total. The molecule has 1 aliphatic rings. The van der Waals surface area contributed by atoms with E-state index in [9.17, 15) is 14.9 Å². The summed E-state index contributed by atoms with van der Waals surface area (Å²) in [5, 5.41) is 13.3. The van der Waals surface area contributed by atoms with Crippen LogP contribution in [0.5, 0.6) is 0 Å². The molecule has 0 spiro atoms. The third-order valence-corrected chi connectivity index (χ3v) is 3.03. The Morgan fingerprint density at radius 3 is 2.04 bits per heavy atom. The fourth-order valence-electron chi connectivity index (χ4n) is 1.72. The number of nitro benzene ring substituents is 1. The molecule has 0 bridgehead atoms. The van der Waals surface area contributed by atoms with Gasteiger partial charge < -0.3 is 15.0 Å². The molecule has 2 rings (SSSR count). The maximum atomic E-state index is 10.0. The van der Waals surface area contributed by atoms with Gasteiger partial charge in [-0.05, 0) is 27.3 Å². The first kappa shape index (κ1) is 22.0. The number of para-hydroxylation sites is 1. The van der Waals surface area contributed by atoms with Crippen LogP contribution in [0.25, 0.3) is 0 Å². The van der Waals surface area contributed by atoms with Crippen LogP contribution >= 0.6 is 0 Å². The second kappa shape index (κ2) is 12.4. The Morgan fingerprint density at radius 2 is 1.79 bits per heavy atom. The summed E-state index contributed by atoms with van der Waals surface area (Å²) < 4.78 is 4.55. The molecule has 1 heterocycles. The average molecular weight is 339 g/mol. The van der Waals surface area contributed by atoms with Crippen molar-refractivity contribution in [3.05, 3.63) is 40.4 Å². The van der Waals surface area contributed by atoms with Gasteiger partial charge in [-0.1, -0.05) is 25.1 Å². The third-order valence-electron chi connectivity index (χ3n) is 3.03. The summed E-state index contributed by atoms with van der Waals surface area (Å²) in [6.45, 7) is 14.2. The number of nitrogens with zero attached hydrogens (tertiary/aromatic N) is 2. The zero-order valence-electron chi connectivity index (χ0n) is 15.0. The van der Waals surface area contributed by atoms with E-state index in [-0.39, 0.29) is 11.3 Å².